The lowest BCUT2D eigenvalue weighted by molar-refractivity contribution is -0.139. The molecule has 0 bridgehead atoms. The van der Waals surface area contributed by atoms with E-state index in [0.29, 0.717) is 6.42 Å². The molecule has 1 amide bonds. The Kier molecular flexibility index (Phi) is 3.02. The molecule has 0 aliphatic heterocycles. The van der Waals surface area contributed by atoms with E-state index in [4.69, 9.17) is 16.7 Å². The Morgan fingerprint density at radius 2 is 2.12 bits per heavy atom. The van der Waals surface area contributed by atoms with Gasteiger partial charge in [0, 0.05) is 5.02 Å². The Morgan fingerprint density at radius 1 is 1.41 bits per heavy atom. The van der Waals surface area contributed by atoms with Crippen molar-refractivity contribution in [3.8, 4) is 0 Å². The number of anilines is 1. The molecule has 1 aromatic carbocycles. The summed E-state index contributed by atoms with van der Waals surface area (Å²) in [6.07, 6.45) is 0.302. The number of amides is 1. The zero-order chi connectivity index (χ0) is 12.6. The van der Waals surface area contributed by atoms with Crippen LogP contribution < -0.4 is 5.32 Å². The maximum atomic E-state index is 13.3. The van der Waals surface area contributed by atoms with Gasteiger partial charge in [-0.2, -0.15) is 0 Å². The van der Waals surface area contributed by atoms with Crippen LogP contribution in [0.1, 0.15) is 6.42 Å². The number of carboxylic acids is 1. The van der Waals surface area contributed by atoms with Crippen molar-refractivity contribution < 1.29 is 19.1 Å². The van der Waals surface area contributed by atoms with Crippen LogP contribution in [0.2, 0.25) is 5.02 Å². The van der Waals surface area contributed by atoms with Gasteiger partial charge in [0.05, 0.1) is 17.5 Å². The van der Waals surface area contributed by atoms with Crippen molar-refractivity contribution in [3.63, 3.8) is 0 Å². The SMILES string of the molecule is O=C(O)[C@@H]1C[C@H]1C(=O)Nc1ccc(Cl)cc1F. The van der Waals surface area contributed by atoms with Crippen LogP contribution in [0.15, 0.2) is 18.2 Å². The fourth-order valence-electron chi connectivity index (χ4n) is 1.57. The van der Waals surface area contributed by atoms with Gasteiger partial charge in [-0.05, 0) is 24.6 Å². The van der Waals surface area contributed by atoms with Gasteiger partial charge in [-0.15, -0.1) is 0 Å². The highest BCUT2D eigenvalue weighted by Gasteiger charge is 2.48. The van der Waals surface area contributed by atoms with E-state index >= 15 is 0 Å². The third kappa shape index (κ3) is 2.55. The quantitative estimate of drug-likeness (QED) is 0.872. The van der Waals surface area contributed by atoms with Gasteiger partial charge in [0.15, 0.2) is 0 Å². The lowest BCUT2D eigenvalue weighted by Crippen LogP contribution is -2.17. The minimum absolute atomic E-state index is 0.00967. The summed E-state index contributed by atoms with van der Waals surface area (Å²) in [5.74, 6) is -3.33. The first-order valence-electron chi connectivity index (χ1n) is 4.98. The molecule has 0 heterocycles. The Bertz CT molecular complexity index is 492. The van der Waals surface area contributed by atoms with Crippen LogP contribution in [-0.4, -0.2) is 17.0 Å². The van der Waals surface area contributed by atoms with Gasteiger partial charge in [0.25, 0.3) is 0 Å². The van der Waals surface area contributed by atoms with Gasteiger partial charge < -0.3 is 10.4 Å². The molecule has 6 heteroatoms. The van der Waals surface area contributed by atoms with Crippen molar-refractivity contribution in [2.24, 2.45) is 11.8 Å². The number of carboxylic acid groups (broad SMARTS) is 1. The fraction of sp³-hybridized carbons (Fsp3) is 0.273. The Labute approximate surface area is 101 Å². The van der Waals surface area contributed by atoms with E-state index in [-0.39, 0.29) is 10.7 Å². The number of carbonyl (C=O) groups is 2. The van der Waals surface area contributed by atoms with Gasteiger partial charge in [0.2, 0.25) is 5.91 Å². The van der Waals surface area contributed by atoms with Gasteiger partial charge in [-0.25, -0.2) is 4.39 Å². The second-order valence-electron chi connectivity index (χ2n) is 3.90. The predicted octanol–water partition coefficient (Wildman–Crippen LogP) is 2.14. The molecule has 0 unspecified atom stereocenters. The molecule has 4 nitrogen and oxygen atoms in total. The lowest BCUT2D eigenvalue weighted by atomic mass is 10.2. The van der Waals surface area contributed by atoms with E-state index in [1.54, 1.807) is 0 Å². The van der Waals surface area contributed by atoms with Crippen molar-refractivity contribution in [1.82, 2.24) is 0 Å². The molecule has 1 saturated carbocycles. The van der Waals surface area contributed by atoms with Gasteiger partial charge in [-0.1, -0.05) is 11.6 Å². The van der Waals surface area contributed by atoms with E-state index in [1.165, 1.54) is 12.1 Å². The lowest BCUT2D eigenvalue weighted by Gasteiger charge is -2.05. The average Bonchev–Trinajstić information content (AvgIpc) is 3.01. The number of benzene rings is 1. The zero-order valence-electron chi connectivity index (χ0n) is 8.61. The second kappa shape index (κ2) is 4.33. The van der Waals surface area contributed by atoms with Crippen LogP contribution in [0.5, 0.6) is 0 Å². The minimum Gasteiger partial charge on any atom is -0.481 e. The van der Waals surface area contributed by atoms with Crippen LogP contribution in [0, 0.1) is 17.7 Å². The minimum atomic E-state index is -0.998. The van der Waals surface area contributed by atoms with Gasteiger partial charge in [-0.3, -0.25) is 9.59 Å². The highest BCUT2D eigenvalue weighted by molar-refractivity contribution is 6.30. The maximum Gasteiger partial charge on any atom is 0.307 e. The third-order valence-electron chi connectivity index (χ3n) is 2.63. The smallest absolute Gasteiger partial charge is 0.307 e. The molecule has 17 heavy (non-hydrogen) atoms. The van der Waals surface area contributed by atoms with E-state index in [9.17, 15) is 14.0 Å². The number of rotatable bonds is 3. The van der Waals surface area contributed by atoms with Crippen LogP contribution in [-0.2, 0) is 9.59 Å². The molecule has 1 fully saturated rings. The molecule has 2 rings (SSSR count). The first kappa shape index (κ1) is 11.9. The molecule has 2 N–H and O–H groups in total. The molecular formula is C11H9ClFNO3. The second-order valence-corrected chi connectivity index (χ2v) is 4.34. The van der Waals surface area contributed by atoms with E-state index in [2.05, 4.69) is 5.32 Å². The van der Waals surface area contributed by atoms with Crippen LogP contribution in [0.25, 0.3) is 0 Å². The number of halogens is 2. The van der Waals surface area contributed by atoms with Crippen LogP contribution >= 0.6 is 11.6 Å². The van der Waals surface area contributed by atoms with E-state index < -0.39 is 29.5 Å². The number of hydrogen-bond acceptors (Lipinski definition) is 2. The zero-order valence-corrected chi connectivity index (χ0v) is 9.37. The standard InChI is InChI=1S/C11H9ClFNO3/c12-5-1-2-9(8(13)3-5)14-10(15)6-4-7(6)11(16)17/h1-3,6-7H,4H2,(H,14,15)(H,16,17)/t6-,7-/m1/s1. The van der Waals surface area contributed by atoms with Gasteiger partial charge >= 0.3 is 5.97 Å². The number of aliphatic carboxylic acids is 1. The monoisotopic (exact) mass is 257 g/mol. The maximum absolute atomic E-state index is 13.3. The highest BCUT2D eigenvalue weighted by Crippen LogP contribution is 2.39. The first-order chi connectivity index (χ1) is 7.99. The molecule has 90 valence electrons. The van der Waals surface area contributed by atoms with Crippen molar-refractivity contribution in [1.29, 1.82) is 0 Å². The molecule has 0 saturated heterocycles. The Hall–Kier alpha value is -1.62. The largest absolute Gasteiger partial charge is 0.481 e. The van der Waals surface area contributed by atoms with Gasteiger partial charge in [0.1, 0.15) is 5.82 Å². The Morgan fingerprint density at radius 3 is 2.65 bits per heavy atom. The van der Waals surface area contributed by atoms with Crippen molar-refractivity contribution in [3.05, 3.63) is 29.0 Å². The van der Waals surface area contributed by atoms with Crippen molar-refractivity contribution in [2.45, 2.75) is 6.42 Å². The topological polar surface area (TPSA) is 66.4 Å². The molecule has 0 spiro atoms. The van der Waals surface area contributed by atoms with Crippen molar-refractivity contribution >= 4 is 29.2 Å². The summed E-state index contributed by atoms with van der Waals surface area (Å²) in [5.41, 5.74) is 0.00967. The molecule has 0 aromatic heterocycles. The summed E-state index contributed by atoms with van der Waals surface area (Å²) in [6, 6.07) is 3.87. The average molecular weight is 258 g/mol. The molecular weight excluding hydrogens is 249 g/mol. The summed E-state index contributed by atoms with van der Waals surface area (Å²) in [6.45, 7) is 0. The number of hydrogen-bond donors (Lipinski definition) is 2. The van der Waals surface area contributed by atoms with Crippen LogP contribution in [0.4, 0.5) is 10.1 Å². The highest BCUT2D eigenvalue weighted by atomic mass is 35.5. The Balaban J connectivity index is 2.02. The molecule has 1 aliphatic rings. The first-order valence-corrected chi connectivity index (χ1v) is 5.35. The van der Waals surface area contributed by atoms with E-state index in [1.807, 2.05) is 0 Å². The summed E-state index contributed by atoms with van der Waals surface area (Å²) >= 11 is 5.56. The molecule has 0 radical (unpaired) electrons. The summed E-state index contributed by atoms with van der Waals surface area (Å²) in [5, 5.41) is 11.2. The molecule has 1 aliphatic carbocycles. The predicted molar refractivity (Wildman–Crippen MR) is 59.3 cm³/mol. The molecule has 1 aromatic rings. The summed E-state index contributed by atoms with van der Waals surface area (Å²) in [7, 11) is 0. The number of nitrogens with one attached hydrogen (secondary N) is 1. The fourth-order valence-corrected chi connectivity index (χ4v) is 1.73. The third-order valence-corrected chi connectivity index (χ3v) is 2.87. The molecule has 2 atom stereocenters. The normalized spacial score (nSPS) is 22.0. The van der Waals surface area contributed by atoms with Crippen molar-refractivity contribution in [2.75, 3.05) is 5.32 Å². The summed E-state index contributed by atoms with van der Waals surface area (Å²) < 4.78 is 13.3. The van der Waals surface area contributed by atoms with Crippen LogP contribution in [0.3, 0.4) is 0 Å². The van der Waals surface area contributed by atoms with E-state index in [0.717, 1.165) is 6.07 Å². The summed E-state index contributed by atoms with van der Waals surface area (Å²) in [4.78, 5) is 22.1. The number of carbonyl (C=O) groups excluding carboxylic acids is 1.